The third-order valence-electron chi connectivity index (χ3n) is 3.68. The number of aromatic nitrogens is 1. The van der Waals surface area contributed by atoms with E-state index in [1.165, 1.54) is 16.9 Å². The number of aryl methyl sites for hydroxylation is 1. The smallest absolute Gasteiger partial charge is 0.253 e. The Hall–Kier alpha value is -1.30. The summed E-state index contributed by atoms with van der Waals surface area (Å²) >= 11 is 6.90. The van der Waals surface area contributed by atoms with Crippen molar-refractivity contribution in [3.63, 3.8) is 0 Å². The van der Waals surface area contributed by atoms with E-state index in [0.29, 0.717) is 10.5 Å². The second-order valence-corrected chi connectivity index (χ2v) is 7.00. The molecule has 1 fully saturated rings. The van der Waals surface area contributed by atoms with Gasteiger partial charge in [0.15, 0.2) is 3.95 Å². The molecule has 1 atom stereocenters. The van der Waals surface area contributed by atoms with Gasteiger partial charge in [-0.3, -0.25) is 9.36 Å². The summed E-state index contributed by atoms with van der Waals surface area (Å²) in [6, 6.07) is 9.83. The predicted octanol–water partition coefficient (Wildman–Crippen LogP) is 3.79. The lowest BCUT2D eigenvalue weighted by Gasteiger charge is -2.12. The van der Waals surface area contributed by atoms with Crippen LogP contribution in [0.3, 0.4) is 0 Å². The minimum absolute atomic E-state index is 0.0372. The molecule has 0 spiro atoms. The topological polar surface area (TPSA) is 31.2 Å². The fraction of sp³-hybridized carbons (Fsp3) is 0.375. The fourth-order valence-corrected chi connectivity index (χ4v) is 3.79. The van der Waals surface area contributed by atoms with E-state index in [9.17, 15) is 4.79 Å². The highest BCUT2D eigenvalue weighted by molar-refractivity contribution is 7.73. The van der Waals surface area contributed by atoms with Gasteiger partial charge >= 0.3 is 0 Å². The molecule has 1 aliphatic heterocycles. The zero-order valence-corrected chi connectivity index (χ0v) is 13.5. The molecule has 0 bridgehead atoms. The summed E-state index contributed by atoms with van der Waals surface area (Å²) in [5.74, 6) is 0. The van der Waals surface area contributed by atoms with Crippen LogP contribution >= 0.6 is 23.6 Å². The van der Waals surface area contributed by atoms with Gasteiger partial charge in [0.1, 0.15) is 0 Å². The summed E-state index contributed by atoms with van der Waals surface area (Å²) in [7, 11) is 0. The Morgan fingerprint density at radius 1 is 1.38 bits per heavy atom. The molecule has 0 N–H and O–H groups in total. The molecular weight excluding hydrogens is 302 g/mol. The summed E-state index contributed by atoms with van der Waals surface area (Å²) in [6.45, 7) is 3.41. The van der Waals surface area contributed by atoms with E-state index in [0.717, 1.165) is 29.9 Å². The monoisotopic (exact) mass is 319 g/mol. The van der Waals surface area contributed by atoms with Crippen LogP contribution in [0, 0.1) is 10.9 Å². The first-order valence-electron chi connectivity index (χ1n) is 7.07. The Morgan fingerprint density at radius 3 is 2.76 bits per heavy atom. The Bertz CT molecular complexity index is 709. The van der Waals surface area contributed by atoms with Crippen LogP contribution in [-0.2, 0) is 11.3 Å². The molecule has 1 aromatic heterocycles. The van der Waals surface area contributed by atoms with Gasteiger partial charge in [-0.15, -0.1) is 11.3 Å². The van der Waals surface area contributed by atoms with Gasteiger partial charge in [0.25, 0.3) is 5.56 Å². The van der Waals surface area contributed by atoms with Crippen LogP contribution in [-0.4, -0.2) is 17.3 Å². The molecule has 110 valence electrons. The molecule has 1 saturated heterocycles. The minimum atomic E-state index is -0.0372. The molecule has 0 aliphatic carbocycles. The molecule has 0 amide bonds. The molecule has 1 aliphatic rings. The van der Waals surface area contributed by atoms with E-state index in [2.05, 4.69) is 0 Å². The quantitative estimate of drug-likeness (QED) is 0.807. The lowest BCUT2D eigenvalue weighted by Crippen LogP contribution is -2.25. The first-order chi connectivity index (χ1) is 10.1. The van der Waals surface area contributed by atoms with Gasteiger partial charge in [-0.1, -0.05) is 29.8 Å². The number of ether oxygens (including phenoxy) is 1. The predicted molar refractivity (Wildman–Crippen MR) is 88.6 cm³/mol. The minimum Gasteiger partial charge on any atom is -0.376 e. The van der Waals surface area contributed by atoms with Crippen LogP contribution in [0.1, 0.15) is 18.4 Å². The lowest BCUT2D eigenvalue weighted by molar-refractivity contribution is 0.0961. The van der Waals surface area contributed by atoms with Crippen molar-refractivity contribution in [2.24, 2.45) is 0 Å². The summed E-state index contributed by atoms with van der Waals surface area (Å²) in [4.78, 5) is 13.3. The number of benzene rings is 1. The second kappa shape index (κ2) is 6.22. The number of hydrogen-bond acceptors (Lipinski definition) is 4. The van der Waals surface area contributed by atoms with Gasteiger partial charge in [-0.2, -0.15) is 0 Å². The average Bonchev–Trinajstić information content (AvgIpc) is 2.96. The van der Waals surface area contributed by atoms with E-state index >= 15 is 0 Å². The summed E-state index contributed by atoms with van der Waals surface area (Å²) in [5, 5.41) is 0. The molecule has 1 unspecified atom stereocenters. The van der Waals surface area contributed by atoms with Gasteiger partial charge in [-0.05, 0) is 37.5 Å². The molecular formula is C16H17NO2S2. The summed E-state index contributed by atoms with van der Waals surface area (Å²) in [5.41, 5.74) is 2.21. The molecule has 1 aromatic carbocycles. The van der Waals surface area contributed by atoms with Crippen molar-refractivity contribution in [2.75, 3.05) is 6.61 Å². The second-order valence-electron chi connectivity index (χ2n) is 5.33. The maximum absolute atomic E-state index is 12.3. The van der Waals surface area contributed by atoms with E-state index in [1.54, 1.807) is 10.6 Å². The standard InChI is InChI=1S/C16H17NO2S2/c1-11-4-6-12(7-5-11)14-9-15(18)17(16(20)21-14)10-13-3-2-8-19-13/h4-7,9,13H,2-3,8,10H2,1H3. The fourth-order valence-electron chi connectivity index (χ4n) is 2.48. The largest absolute Gasteiger partial charge is 0.376 e. The van der Waals surface area contributed by atoms with Crippen molar-refractivity contribution in [1.29, 1.82) is 0 Å². The van der Waals surface area contributed by atoms with Crippen molar-refractivity contribution in [2.45, 2.75) is 32.4 Å². The Kier molecular flexibility index (Phi) is 4.33. The van der Waals surface area contributed by atoms with Crippen molar-refractivity contribution in [1.82, 2.24) is 4.57 Å². The molecule has 3 rings (SSSR count). The maximum Gasteiger partial charge on any atom is 0.253 e. The first kappa shape index (κ1) is 14.6. The van der Waals surface area contributed by atoms with Gasteiger partial charge in [0, 0.05) is 17.6 Å². The van der Waals surface area contributed by atoms with E-state index in [-0.39, 0.29) is 11.7 Å². The van der Waals surface area contributed by atoms with Crippen LogP contribution in [0.15, 0.2) is 35.1 Å². The Labute approximate surface area is 132 Å². The SMILES string of the molecule is Cc1ccc(-c2cc(=O)n(CC3CCCO3)c(=S)s2)cc1. The van der Waals surface area contributed by atoms with Crippen LogP contribution < -0.4 is 5.56 Å². The third kappa shape index (κ3) is 3.31. The van der Waals surface area contributed by atoms with Crippen LogP contribution in [0.25, 0.3) is 10.4 Å². The Balaban J connectivity index is 1.93. The highest BCUT2D eigenvalue weighted by atomic mass is 32.1. The van der Waals surface area contributed by atoms with Gasteiger partial charge < -0.3 is 4.74 Å². The van der Waals surface area contributed by atoms with Gasteiger partial charge in [0.2, 0.25) is 0 Å². The van der Waals surface area contributed by atoms with Crippen molar-refractivity contribution in [3.05, 3.63) is 50.2 Å². The third-order valence-corrected chi connectivity index (χ3v) is 5.12. The molecule has 3 nitrogen and oxygen atoms in total. The highest BCUT2D eigenvalue weighted by Crippen LogP contribution is 2.24. The van der Waals surface area contributed by atoms with Crippen molar-refractivity contribution in [3.8, 4) is 10.4 Å². The molecule has 0 radical (unpaired) electrons. The van der Waals surface area contributed by atoms with Crippen LogP contribution in [0.5, 0.6) is 0 Å². The van der Waals surface area contributed by atoms with E-state index in [4.69, 9.17) is 17.0 Å². The summed E-state index contributed by atoms with van der Waals surface area (Å²) < 4.78 is 7.87. The normalized spacial score (nSPS) is 18.0. The average molecular weight is 319 g/mol. The van der Waals surface area contributed by atoms with Crippen LogP contribution in [0.2, 0.25) is 0 Å². The Morgan fingerprint density at radius 2 is 2.14 bits per heavy atom. The van der Waals surface area contributed by atoms with Gasteiger partial charge in [-0.25, -0.2) is 0 Å². The zero-order chi connectivity index (χ0) is 14.8. The van der Waals surface area contributed by atoms with Crippen LogP contribution in [0.4, 0.5) is 0 Å². The van der Waals surface area contributed by atoms with Crippen molar-refractivity contribution < 1.29 is 4.74 Å². The zero-order valence-electron chi connectivity index (χ0n) is 11.9. The maximum atomic E-state index is 12.3. The summed E-state index contributed by atoms with van der Waals surface area (Å²) in [6.07, 6.45) is 2.20. The number of rotatable bonds is 3. The van der Waals surface area contributed by atoms with Gasteiger partial charge in [0.05, 0.1) is 12.6 Å². The molecule has 5 heteroatoms. The molecule has 2 heterocycles. The van der Waals surface area contributed by atoms with E-state index in [1.807, 2.05) is 31.2 Å². The highest BCUT2D eigenvalue weighted by Gasteiger charge is 2.17. The first-order valence-corrected chi connectivity index (χ1v) is 8.29. The molecule has 0 saturated carbocycles. The van der Waals surface area contributed by atoms with E-state index < -0.39 is 0 Å². The molecule has 21 heavy (non-hydrogen) atoms. The van der Waals surface area contributed by atoms with Crippen molar-refractivity contribution >= 4 is 23.6 Å². The number of hydrogen-bond donors (Lipinski definition) is 0. The molecule has 2 aromatic rings. The number of nitrogens with zero attached hydrogens (tertiary/aromatic N) is 1. The lowest BCUT2D eigenvalue weighted by atomic mass is 10.1.